The lowest BCUT2D eigenvalue weighted by Gasteiger charge is -2.14. The Hall–Kier alpha value is -3.04. The van der Waals surface area contributed by atoms with Crippen LogP contribution in [0.2, 0.25) is 0 Å². The van der Waals surface area contributed by atoms with Crippen molar-refractivity contribution in [3.63, 3.8) is 0 Å². The third-order valence-electron chi connectivity index (χ3n) is 8.34. The van der Waals surface area contributed by atoms with Gasteiger partial charge in [-0.25, -0.2) is 22.3 Å². The zero-order chi connectivity index (χ0) is 30.8. The third-order valence-corrected chi connectivity index (χ3v) is 9.82. The van der Waals surface area contributed by atoms with Gasteiger partial charge in [0.25, 0.3) is 0 Å². The summed E-state index contributed by atoms with van der Waals surface area (Å²) in [7, 11) is -3.69. The number of pyridine rings is 1. The number of benzene rings is 2. The highest BCUT2D eigenvalue weighted by Crippen LogP contribution is 2.38. The standard InChI is InChI=1S/C34H45FN2O5S/c1-2-3-4-5-6-7-8-9-10-11-12-13-14-21-36-43(41,42)27-19-15-25(16-20-27)28-23-32-29(22-31(28)35)33(38)30(34(39)40)24-37(32)26-17-18-26/h15-16,19-20,22-24,26,36H,2-14,17-18,21H2,1H3,(H,39,40). The lowest BCUT2D eigenvalue weighted by atomic mass is 10.0. The number of sulfonamides is 1. The van der Waals surface area contributed by atoms with Gasteiger partial charge in [-0.15, -0.1) is 0 Å². The predicted octanol–water partition coefficient (Wildman–Crippen LogP) is 8.21. The third kappa shape index (κ3) is 8.99. The molecule has 4 rings (SSSR count). The lowest BCUT2D eigenvalue weighted by Crippen LogP contribution is -2.24. The highest BCUT2D eigenvalue weighted by atomic mass is 32.2. The summed E-state index contributed by atoms with van der Waals surface area (Å²) in [6.45, 7) is 2.61. The molecule has 0 saturated heterocycles. The minimum absolute atomic E-state index is 0.0182. The van der Waals surface area contributed by atoms with Crippen LogP contribution in [0.15, 0.2) is 52.3 Å². The molecule has 1 aliphatic carbocycles. The minimum atomic E-state index is -3.69. The molecule has 0 atom stereocenters. The van der Waals surface area contributed by atoms with E-state index in [4.69, 9.17) is 0 Å². The first-order valence-corrected chi connectivity index (χ1v) is 17.4. The van der Waals surface area contributed by atoms with Gasteiger partial charge in [-0.2, -0.15) is 0 Å². The minimum Gasteiger partial charge on any atom is -0.477 e. The van der Waals surface area contributed by atoms with Gasteiger partial charge in [-0.05, 0) is 49.1 Å². The monoisotopic (exact) mass is 612 g/mol. The normalized spacial score (nSPS) is 13.5. The van der Waals surface area contributed by atoms with E-state index in [1.54, 1.807) is 22.8 Å². The first-order valence-electron chi connectivity index (χ1n) is 15.9. The molecule has 1 saturated carbocycles. The van der Waals surface area contributed by atoms with Gasteiger partial charge in [0.15, 0.2) is 0 Å². The van der Waals surface area contributed by atoms with E-state index in [0.29, 0.717) is 17.6 Å². The summed E-state index contributed by atoms with van der Waals surface area (Å²) in [6, 6.07) is 8.70. The Balaban J connectivity index is 1.28. The fraction of sp³-hybridized carbons (Fsp3) is 0.529. The van der Waals surface area contributed by atoms with Crippen molar-refractivity contribution in [2.45, 2.75) is 114 Å². The van der Waals surface area contributed by atoms with Crippen LogP contribution < -0.4 is 10.2 Å². The average Bonchev–Trinajstić information content (AvgIpc) is 3.83. The van der Waals surface area contributed by atoms with Crippen molar-refractivity contribution in [1.29, 1.82) is 0 Å². The van der Waals surface area contributed by atoms with Crippen LogP contribution in [0.1, 0.15) is 120 Å². The number of carboxylic acids is 1. The molecule has 1 fully saturated rings. The van der Waals surface area contributed by atoms with E-state index in [0.717, 1.165) is 38.2 Å². The number of aromatic nitrogens is 1. The number of hydrogen-bond donors (Lipinski definition) is 2. The Morgan fingerprint density at radius 2 is 1.47 bits per heavy atom. The van der Waals surface area contributed by atoms with Gasteiger partial charge < -0.3 is 9.67 Å². The number of carboxylic acid groups (broad SMARTS) is 1. The van der Waals surface area contributed by atoms with Crippen LogP contribution in [0.25, 0.3) is 22.0 Å². The molecule has 3 aromatic rings. The van der Waals surface area contributed by atoms with Crippen molar-refractivity contribution in [2.24, 2.45) is 0 Å². The maximum atomic E-state index is 15.2. The molecule has 1 heterocycles. The highest BCUT2D eigenvalue weighted by molar-refractivity contribution is 7.89. The number of halogens is 1. The van der Waals surface area contributed by atoms with Crippen LogP contribution in [0.4, 0.5) is 4.39 Å². The average molecular weight is 613 g/mol. The van der Waals surface area contributed by atoms with Crippen LogP contribution in [0, 0.1) is 5.82 Å². The molecule has 1 aliphatic rings. The summed E-state index contributed by atoms with van der Waals surface area (Å²) in [6.07, 6.45) is 19.0. The molecule has 9 heteroatoms. The maximum absolute atomic E-state index is 15.2. The van der Waals surface area contributed by atoms with Gasteiger partial charge in [0, 0.05) is 29.7 Å². The molecule has 0 bridgehead atoms. The second-order valence-electron chi connectivity index (χ2n) is 11.8. The molecular weight excluding hydrogens is 567 g/mol. The number of hydrogen-bond acceptors (Lipinski definition) is 4. The number of fused-ring (bicyclic) bond motifs is 1. The second-order valence-corrected chi connectivity index (χ2v) is 13.6. The van der Waals surface area contributed by atoms with Crippen molar-refractivity contribution >= 4 is 26.9 Å². The van der Waals surface area contributed by atoms with E-state index in [-0.39, 0.29) is 27.5 Å². The van der Waals surface area contributed by atoms with Crippen molar-refractivity contribution in [2.75, 3.05) is 6.54 Å². The van der Waals surface area contributed by atoms with Gasteiger partial charge in [0.1, 0.15) is 11.4 Å². The number of unbranched alkanes of at least 4 members (excludes halogenated alkanes) is 12. The van der Waals surface area contributed by atoms with E-state index in [1.165, 1.54) is 82.5 Å². The lowest BCUT2D eigenvalue weighted by molar-refractivity contribution is 0.0694. The summed E-state index contributed by atoms with van der Waals surface area (Å²) >= 11 is 0. The fourth-order valence-electron chi connectivity index (χ4n) is 5.64. The largest absolute Gasteiger partial charge is 0.477 e. The van der Waals surface area contributed by atoms with Crippen LogP contribution in [0.3, 0.4) is 0 Å². The summed E-state index contributed by atoms with van der Waals surface area (Å²) < 4.78 is 45.2. The van der Waals surface area contributed by atoms with E-state index in [1.807, 2.05) is 0 Å². The van der Waals surface area contributed by atoms with Crippen molar-refractivity contribution < 1.29 is 22.7 Å². The van der Waals surface area contributed by atoms with E-state index >= 15 is 4.39 Å². The SMILES string of the molecule is CCCCCCCCCCCCCCCNS(=O)(=O)c1ccc(-c2cc3c(cc2F)c(=O)c(C(=O)O)cn3C2CC2)cc1. The Bertz CT molecular complexity index is 1550. The first-order chi connectivity index (χ1) is 20.7. The molecule has 234 valence electrons. The summed E-state index contributed by atoms with van der Waals surface area (Å²) in [5.41, 5.74) is 0.0403. The van der Waals surface area contributed by atoms with Crippen LogP contribution in [-0.2, 0) is 10.0 Å². The van der Waals surface area contributed by atoms with E-state index < -0.39 is 27.2 Å². The van der Waals surface area contributed by atoms with Gasteiger partial charge in [0.05, 0.1) is 10.4 Å². The van der Waals surface area contributed by atoms with Crippen molar-refractivity contribution in [3.05, 3.63) is 64.2 Å². The Kier molecular flexibility index (Phi) is 11.9. The zero-order valence-corrected chi connectivity index (χ0v) is 26.1. The Morgan fingerprint density at radius 1 is 0.907 bits per heavy atom. The molecule has 1 aromatic heterocycles. The number of rotatable bonds is 19. The maximum Gasteiger partial charge on any atom is 0.341 e. The predicted molar refractivity (Wildman–Crippen MR) is 170 cm³/mol. The van der Waals surface area contributed by atoms with Crippen molar-refractivity contribution in [3.8, 4) is 11.1 Å². The van der Waals surface area contributed by atoms with Crippen molar-refractivity contribution in [1.82, 2.24) is 9.29 Å². The zero-order valence-electron chi connectivity index (χ0n) is 25.2. The van der Waals surface area contributed by atoms with E-state index in [2.05, 4.69) is 11.6 Å². The van der Waals surface area contributed by atoms with Gasteiger partial charge in [-0.1, -0.05) is 96.1 Å². The van der Waals surface area contributed by atoms with E-state index in [9.17, 15) is 23.1 Å². The molecule has 0 aliphatic heterocycles. The molecule has 0 radical (unpaired) electrons. The molecule has 43 heavy (non-hydrogen) atoms. The number of nitrogens with zero attached hydrogens (tertiary/aromatic N) is 1. The first kappa shape index (κ1) is 32.9. The molecule has 0 spiro atoms. The summed E-state index contributed by atoms with van der Waals surface area (Å²) in [4.78, 5) is 24.4. The van der Waals surface area contributed by atoms with Crippen LogP contribution in [0.5, 0.6) is 0 Å². The van der Waals surface area contributed by atoms with Gasteiger partial charge >= 0.3 is 5.97 Å². The smallest absolute Gasteiger partial charge is 0.341 e. The molecular formula is C34H45FN2O5S. The molecule has 2 N–H and O–H groups in total. The Morgan fingerprint density at radius 3 is 2.00 bits per heavy atom. The highest BCUT2D eigenvalue weighted by Gasteiger charge is 2.27. The number of carbonyl (C=O) groups is 1. The molecule has 0 amide bonds. The quantitative estimate of drug-likeness (QED) is 0.133. The molecule has 2 aromatic carbocycles. The second kappa shape index (κ2) is 15.6. The Labute approximate surface area is 254 Å². The van der Waals surface area contributed by atoms with Crippen LogP contribution >= 0.6 is 0 Å². The van der Waals surface area contributed by atoms with Crippen LogP contribution in [-0.4, -0.2) is 30.6 Å². The van der Waals surface area contributed by atoms with Gasteiger partial charge in [0.2, 0.25) is 15.5 Å². The molecule has 0 unspecified atom stereocenters. The van der Waals surface area contributed by atoms with Gasteiger partial charge in [-0.3, -0.25) is 4.79 Å². The topological polar surface area (TPSA) is 105 Å². The molecule has 7 nitrogen and oxygen atoms in total. The summed E-state index contributed by atoms with van der Waals surface area (Å²) in [5.74, 6) is -2.02. The number of nitrogens with one attached hydrogen (secondary N) is 1. The number of aromatic carboxylic acids is 1. The summed E-state index contributed by atoms with van der Waals surface area (Å²) in [5, 5.41) is 9.46. The fourth-order valence-corrected chi connectivity index (χ4v) is 6.72.